The van der Waals surface area contributed by atoms with Crippen LogP contribution in [0.3, 0.4) is 0 Å². The quantitative estimate of drug-likeness (QED) is 0.910. The van der Waals surface area contributed by atoms with E-state index < -0.39 is 18.1 Å². The van der Waals surface area contributed by atoms with Crippen molar-refractivity contribution in [1.29, 1.82) is 0 Å². The summed E-state index contributed by atoms with van der Waals surface area (Å²) in [6, 6.07) is 2.75. The maximum Gasteiger partial charge on any atom is 0.335 e. The summed E-state index contributed by atoms with van der Waals surface area (Å²) in [4.78, 5) is 24.9. The second kappa shape index (κ2) is 4.64. The van der Waals surface area contributed by atoms with Crippen LogP contribution in [0.5, 0.6) is 0 Å². The molecule has 2 heterocycles. The van der Waals surface area contributed by atoms with E-state index in [0.717, 1.165) is 12.8 Å². The monoisotopic (exact) mass is 329 g/mol. The third-order valence-corrected chi connectivity index (χ3v) is 3.76. The van der Waals surface area contributed by atoms with Gasteiger partial charge in [0.15, 0.2) is 10.8 Å². The van der Waals surface area contributed by atoms with Crippen molar-refractivity contribution < 1.29 is 23.8 Å². The molecule has 6 nitrogen and oxygen atoms in total. The van der Waals surface area contributed by atoms with Gasteiger partial charge in [0.05, 0.1) is 0 Å². The molecular weight excluding hydrogens is 318 g/mol. The van der Waals surface area contributed by atoms with Crippen molar-refractivity contribution in [3.63, 3.8) is 0 Å². The normalized spacial score (nSPS) is 27.6. The lowest BCUT2D eigenvalue weighted by molar-refractivity contribution is -0.175. The zero-order valence-corrected chi connectivity index (χ0v) is 11.5. The van der Waals surface area contributed by atoms with Gasteiger partial charge in [-0.05, 0) is 40.9 Å². The van der Waals surface area contributed by atoms with Crippen LogP contribution in [0.25, 0.3) is 0 Å². The van der Waals surface area contributed by atoms with Crippen molar-refractivity contribution in [2.45, 2.75) is 31.0 Å². The number of aliphatic carboxylic acids is 1. The SMILES string of the molecule is O=C(O)C1OCC(=O)N(C2CC2)C1c1ccc(Br)o1. The van der Waals surface area contributed by atoms with Gasteiger partial charge in [0.2, 0.25) is 5.91 Å². The van der Waals surface area contributed by atoms with Crippen LogP contribution in [0.1, 0.15) is 24.6 Å². The molecule has 1 amide bonds. The van der Waals surface area contributed by atoms with Gasteiger partial charge in [-0.3, -0.25) is 4.79 Å². The second-order valence-corrected chi connectivity index (χ2v) is 5.47. The number of amides is 1. The first kappa shape index (κ1) is 12.7. The van der Waals surface area contributed by atoms with Crippen LogP contribution in [-0.2, 0) is 14.3 Å². The number of carboxylic acids is 1. The average molecular weight is 330 g/mol. The van der Waals surface area contributed by atoms with E-state index in [-0.39, 0.29) is 18.6 Å². The minimum Gasteiger partial charge on any atom is -0.479 e. The number of carboxylic acid groups (broad SMARTS) is 1. The van der Waals surface area contributed by atoms with Crippen LogP contribution < -0.4 is 0 Å². The molecule has 3 rings (SSSR count). The van der Waals surface area contributed by atoms with Crippen molar-refractivity contribution in [1.82, 2.24) is 4.90 Å². The number of ether oxygens (including phenoxy) is 1. The number of rotatable bonds is 3. The van der Waals surface area contributed by atoms with E-state index in [1.54, 1.807) is 17.0 Å². The molecule has 0 aromatic carbocycles. The van der Waals surface area contributed by atoms with Crippen LogP contribution in [0.15, 0.2) is 21.2 Å². The maximum atomic E-state index is 12.0. The van der Waals surface area contributed by atoms with Gasteiger partial charge >= 0.3 is 5.97 Å². The summed E-state index contributed by atoms with van der Waals surface area (Å²) in [6.45, 7) is -0.189. The minimum atomic E-state index is -1.09. The maximum absolute atomic E-state index is 12.0. The lowest BCUT2D eigenvalue weighted by Crippen LogP contribution is -2.52. The molecule has 0 radical (unpaired) electrons. The molecule has 2 fully saturated rings. The van der Waals surface area contributed by atoms with E-state index in [9.17, 15) is 14.7 Å². The van der Waals surface area contributed by atoms with Gasteiger partial charge in [-0.25, -0.2) is 4.79 Å². The molecule has 1 aliphatic carbocycles. The first-order valence-corrected chi connectivity index (χ1v) is 6.78. The van der Waals surface area contributed by atoms with Gasteiger partial charge in [-0.2, -0.15) is 0 Å². The Morgan fingerprint density at radius 1 is 1.42 bits per heavy atom. The number of morpholine rings is 1. The van der Waals surface area contributed by atoms with E-state index in [1.165, 1.54) is 0 Å². The summed E-state index contributed by atoms with van der Waals surface area (Å²) in [5.41, 5.74) is 0. The molecule has 1 saturated heterocycles. The number of carbonyl (C=O) groups is 2. The Labute approximate surface area is 117 Å². The number of hydrogen-bond donors (Lipinski definition) is 1. The molecular formula is C12H12BrNO5. The Hall–Kier alpha value is -1.34. The molecule has 0 spiro atoms. The van der Waals surface area contributed by atoms with Gasteiger partial charge in [0, 0.05) is 6.04 Å². The van der Waals surface area contributed by atoms with Crippen LogP contribution in [-0.4, -0.2) is 40.6 Å². The summed E-state index contributed by atoms with van der Waals surface area (Å²) in [5, 5.41) is 9.27. The first-order chi connectivity index (χ1) is 9.08. The molecule has 2 atom stereocenters. The van der Waals surface area contributed by atoms with E-state index in [0.29, 0.717) is 10.4 Å². The molecule has 1 aromatic rings. The Morgan fingerprint density at radius 2 is 2.16 bits per heavy atom. The zero-order valence-electron chi connectivity index (χ0n) is 9.91. The fourth-order valence-corrected chi connectivity index (χ4v) is 2.71. The van der Waals surface area contributed by atoms with Gasteiger partial charge in [0.25, 0.3) is 0 Å². The molecule has 2 aliphatic rings. The number of nitrogens with zero attached hydrogens (tertiary/aromatic N) is 1. The fraction of sp³-hybridized carbons (Fsp3) is 0.500. The highest BCUT2D eigenvalue weighted by atomic mass is 79.9. The molecule has 1 N–H and O–H groups in total. The van der Waals surface area contributed by atoms with Crippen LogP contribution in [0.4, 0.5) is 0 Å². The molecule has 19 heavy (non-hydrogen) atoms. The predicted octanol–water partition coefficient (Wildman–Crippen LogP) is 1.56. The highest BCUT2D eigenvalue weighted by molar-refractivity contribution is 9.10. The van der Waals surface area contributed by atoms with Crippen LogP contribution in [0.2, 0.25) is 0 Å². The summed E-state index contributed by atoms with van der Waals surface area (Å²) in [6.07, 6.45) is 0.712. The Kier molecular flexibility index (Phi) is 3.10. The smallest absolute Gasteiger partial charge is 0.335 e. The third-order valence-electron chi connectivity index (χ3n) is 3.33. The molecule has 0 bridgehead atoms. The average Bonchev–Trinajstić information content (AvgIpc) is 3.10. The topological polar surface area (TPSA) is 80.0 Å². The molecule has 2 unspecified atom stereocenters. The third kappa shape index (κ3) is 2.28. The van der Waals surface area contributed by atoms with Crippen LogP contribution >= 0.6 is 15.9 Å². The Bertz CT molecular complexity index is 524. The molecule has 1 aromatic heterocycles. The van der Waals surface area contributed by atoms with Crippen molar-refractivity contribution in [3.05, 3.63) is 22.6 Å². The van der Waals surface area contributed by atoms with E-state index >= 15 is 0 Å². The first-order valence-electron chi connectivity index (χ1n) is 5.98. The van der Waals surface area contributed by atoms with E-state index in [2.05, 4.69) is 15.9 Å². The van der Waals surface area contributed by atoms with E-state index in [1.807, 2.05) is 0 Å². The van der Waals surface area contributed by atoms with Crippen molar-refractivity contribution in [2.24, 2.45) is 0 Å². The zero-order chi connectivity index (χ0) is 13.6. The van der Waals surface area contributed by atoms with E-state index in [4.69, 9.17) is 9.15 Å². The van der Waals surface area contributed by atoms with Gasteiger partial charge in [0.1, 0.15) is 18.4 Å². The molecule has 1 saturated carbocycles. The lowest BCUT2D eigenvalue weighted by atomic mass is 10.0. The predicted molar refractivity (Wildman–Crippen MR) is 66.4 cm³/mol. The Morgan fingerprint density at radius 3 is 2.68 bits per heavy atom. The lowest BCUT2D eigenvalue weighted by Gasteiger charge is -2.38. The summed E-state index contributed by atoms with van der Waals surface area (Å²) in [5.74, 6) is -0.840. The van der Waals surface area contributed by atoms with Crippen LogP contribution in [0, 0.1) is 0 Å². The van der Waals surface area contributed by atoms with Crippen molar-refractivity contribution >= 4 is 27.8 Å². The summed E-state index contributed by atoms with van der Waals surface area (Å²) < 4.78 is 11.1. The summed E-state index contributed by atoms with van der Waals surface area (Å²) in [7, 11) is 0. The Balaban J connectivity index is 1.99. The van der Waals surface area contributed by atoms with Crippen molar-refractivity contribution in [3.8, 4) is 0 Å². The second-order valence-electron chi connectivity index (χ2n) is 4.69. The van der Waals surface area contributed by atoms with Gasteiger partial charge in [-0.15, -0.1) is 0 Å². The fourth-order valence-electron chi connectivity index (χ4n) is 2.39. The van der Waals surface area contributed by atoms with Gasteiger partial charge in [-0.1, -0.05) is 0 Å². The number of furan rings is 1. The van der Waals surface area contributed by atoms with Gasteiger partial charge < -0.3 is 19.2 Å². The minimum absolute atomic E-state index is 0.104. The molecule has 1 aliphatic heterocycles. The number of hydrogen-bond acceptors (Lipinski definition) is 4. The largest absolute Gasteiger partial charge is 0.479 e. The standard InChI is InChI=1S/C12H12BrNO5/c13-8-4-3-7(19-8)10-11(12(16)17)18-5-9(15)14(10)6-1-2-6/h3-4,6,10-11H,1-2,5H2,(H,16,17). The summed E-state index contributed by atoms with van der Waals surface area (Å²) >= 11 is 3.19. The number of halogens is 1. The molecule has 102 valence electrons. The van der Waals surface area contributed by atoms with Crippen molar-refractivity contribution in [2.75, 3.05) is 6.61 Å². The number of carbonyl (C=O) groups excluding carboxylic acids is 1. The molecule has 7 heteroatoms. The highest BCUT2D eigenvalue weighted by Gasteiger charge is 2.48. The highest BCUT2D eigenvalue weighted by Crippen LogP contribution is 2.40.